The number of rotatable bonds is 2. The van der Waals surface area contributed by atoms with Crippen molar-refractivity contribution in [2.45, 2.75) is 39.2 Å². The van der Waals surface area contributed by atoms with E-state index in [2.05, 4.69) is 46.1 Å². The molecule has 0 radical (unpaired) electrons. The molecule has 3 unspecified atom stereocenters. The summed E-state index contributed by atoms with van der Waals surface area (Å²) in [6.45, 7) is 4.70. The van der Waals surface area contributed by atoms with Crippen molar-refractivity contribution in [3.8, 4) is 0 Å². The molecule has 1 aliphatic carbocycles. The van der Waals surface area contributed by atoms with Crippen LogP contribution in [-0.4, -0.2) is 11.0 Å². The van der Waals surface area contributed by atoms with Gasteiger partial charge in [0.25, 0.3) is 0 Å². The molecule has 1 N–H and O–H groups in total. The number of hydrogen-bond acceptors (Lipinski definition) is 2. The third-order valence-corrected chi connectivity index (χ3v) is 3.98. The highest BCUT2D eigenvalue weighted by Crippen LogP contribution is 2.30. The van der Waals surface area contributed by atoms with Crippen LogP contribution in [0.1, 0.15) is 33.1 Å². The van der Waals surface area contributed by atoms with Crippen LogP contribution >= 0.6 is 15.9 Å². The Hall–Kier alpha value is -0.570. The quantitative estimate of drug-likeness (QED) is 0.827. The van der Waals surface area contributed by atoms with Crippen LogP contribution in [0.4, 0.5) is 5.69 Å². The average molecular weight is 283 g/mol. The molecule has 88 valence electrons. The van der Waals surface area contributed by atoms with Crippen molar-refractivity contribution in [1.82, 2.24) is 4.98 Å². The smallest absolute Gasteiger partial charge is 0.106 e. The van der Waals surface area contributed by atoms with E-state index in [1.54, 1.807) is 0 Å². The van der Waals surface area contributed by atoms with Crippen LogP contribution in [-0.2, 0) is 0 Å². The fraction of sp³-hybridized carbons (Fsp3) is 0.615. The lowest BCUT2D eigenvalue weighted by Gasteiger charge is -2.33. The second-order valence-corrected chi connectivity index (χ2v) is 5.83. The van der Waals surface area contributed by atoms with Crippen LogP contribution in [0, 0.1) is 11.8 Å². The van der Waals surface area contributed by atoms with Crippen LogP contribution in [0.5, 0.6) is 0 Å². The highest BCUT2D eigenvalue weighted by molar-refractivity contribution is 9.10. The van der Waals surface area contributed by atoms with E-state index in [4.69, 9.17) is 0 Å². The first kappa shape index (κ1) is 11.9. The van der Waals surface area contributed by atoms with Gasteiger partial charge >= 0.3 is 0 Å². The summed E-state index contributed by atoms with van der Waals surface area (Å²) in [5, 5.41) is 3.60. The fourth-order valence-electron chi connectivity index (χ4n) is 2.56. The molecular formula is C13H19BrN2. The van der Waals surface area contributed by atoms with Crippen molar-refractivity contribution in [2.75, 3.05) is 5.32 Å². The topological polar surface area (TPSA) is 24.9 Å². The summed E-state index contributed by atoms with van der Waals surface area (Å²) in [6.07, 6.45) is 5.85. The van der Waals surface area contributed by atoms with Crippen molar-refractivity contribution >= 4 is 21.6 Å². The first-order valence-corrected chi connectivity index (χ1v) is 6.82. The number of hydrogen-bond donors (Lipinski definition) is 1. The Kier molecular flexibility index (Phi) is 3.85. The molecule has 1 aliphatic rings. The Morgan fingerprint density at radius 1 is 1.31 bits per heavy atom. The van der Waals surface area contributed by atoms with Gasteiger partial charge < -0.3 is 5.32 Å². The molecule has 1 aromatic rings. The van der Waals surface area contributed by atoms with Gasteiger partial charge in [-0.3, -0.25) is 0 Å². The Balaban J connectivity index is 1.96. The molecule has 3 heteroatoms. The number of nitrogens with one attached hydrogen (secondary N) is 1. The maximum Gasteiger partial charge on any atom is 0.106 e. The normalized spacial score (nSPS) is 30.1. The van der Waals surface area contributed by atoms with Crippen LogP contribution in [0.3, 0.4) is 0 Å². The molecule has 2 nitrogen and oxygen atoms in total. The SMILES string of the molecule is CC1CCC(Nc2ccc(Br)nc2)C(C)C1. The second kappa shape index (κ2) is 5.17. The van der Waals surface area contributed by atoms with Crippen molar-refractivity contribution in [3.63, 3.8) is 0 Å². The highest BCUT2D eigenvalue weighted by atomic mass is 79.9. The van der Waals surface area contributed by atoms with Gasteiger partial charge in [-0.2, -0.15) is 0 Å². The van der Waals surface area contributed by atoms with Gasteiger partial charge in [0.2, 0.25) is 0 Å². The van der Waals surface area contributed by atoms with E-state index >= 15 is 0 Å². The lowest BCUT2D eigenvalue weighted by atomic mass is 9.80. The molecule has 1 heterocycles. The third-order valence-electron chi connectivity index (χ3n) is 3.51. The third kappa shape index (κ3) is 2.97. The number of pyridine rings is 1. The zero-order valence-corrected chi connectivity index (χ0v) is 11.5. The van der Waals surface area contributed by atoms with Crippen molar-refractivity contribution in [3.05, 3.63) is 22.9 Å². The number of halogens is 1. The van der Waals surface area contributed by atoms with E-state index in [9.17, 15) is 0 Å². The molecule has 2 rings (SSSR count). The average Bonchev–Trinajstić information content (AvgIpc) is 2.25. The van der Waals surface area contributed by atoms with Gasteiger partial charge in [0.15, 0.2) is 0 Å². The minimum atomic E-state index is 0.610. The van der Waals surface area contributed by atoms with E-state index in [1.165, 1.54) is 19.3 Å². The molecular weight excluding hydrogens is 264 g/mol. The molecule has 0 aliphatic heterocycles. The van der Waals surface area contributed by atoms with Crippen LogP contribution < -0.4 is 5.32 Å². The van der Waals surface area contributed by atoms with Gasteiger partial charge in [0.1, 0.15) is 4.60 Å². The molecule has 0 spiro atoms. The van der Waals surface area contributed by atoms with Gasteiger partial charge in [-0.1, -0.05) is 13.8 Å². The summed E-state index contributed by atoms with van der Waals surface area (Å²) in [5.41, 5.74) is 1.13. The van der Waals surface area contributed by atoms with Crippen LogP contribution in [0.2, 0.25) is 0 Å². The van der Waals surface area contributed by atoms with E-state index in [-0.39, 0.29) is 0 Å². The molecule has 3 atom stereocenters. The first-order chi connectivity index (χ1) is 7.65. The first-order valence-electron chi connectivity index (χ1n) is 6.03. The standard InChI is InChI=1S/C13H19BrN2/c1-9-3-5-12(10(2)7-9)16-11-4-6-13(14)15-8-11/h4,6,8-10,12,16H,3,5,7H2,1-2H3. The van der Waals surface area contributed by atoms with Crippen molar-refractivity contribution in [2.24, 2.45) is 11.8 Å². The van der Waals surface area contributed by atoms with Crippen molar-refractivity contribution in [1.29, 1.82) is 0 Å². The Labute approximate surface area is 106 Å². The number of anilines is 1. The second-order valence-electron chi connectivity index (χ2n) is 5.02. The lowest BCUT2D eigenvalue weighted by Crippen LogP contribution is -2.32. The predicted octanol–water partition coefficient (Wildman–Crippen LogP) is 4.08. The molecule has 0 saturated heterocycles. The summed E-state index contributed by atoms with van der Waals surface area (Å²) in [5.74, 6) is 1.64. The molecule has 1 saturated carbocycles. The summed E-state index contributed by atoms with van der Waals surface area (Å²) < 4.78 is 0.892. The van der Waals surface area contributed by atoms with Gasteiger partial charge in [0.05, 0.1) is 11.9 Å². The summed E-state index contributed by atoms with van der Waals surface area (Å²) >= 11 is 3.35. The molecule has 1 fully saturated rings. The van der Waals surface area contributed by atoms with E-state index in [0.717, 1.165) is 22.1 Å². The number of nitrogens with zero attached hydrogens (tertiary/aromatic N) is 1. The fourth-order valence-corrected chi connectivity index (χ4v) is 2.79. The molecule has 0 amide bonds. The summed E-state index contributed by atoms with van der Waals surface area (Å²) in [4.78, 5) is 4.24. The Bertz CT molecular complexity index is 336. The zero-order valence-electron chi connectivity index (χ0n) is 9.91. The van der Waals surface area contributed by atoms with Crippen molar-refractivity contribution < 1.29 is 0 Å². The largest absolute Gasteiger partial charge is 0.381 e. The van der Waals surface area contributed by atoms with Gasteiger partial charge in [-0.15, -0.1) is 0 Å². The lowest BCUT2D eigenvalue weighted by molar-refractivity contribution is 0.276. The number of aromatic nitrogens is 1. The van der Waals surface area contributed by atoms with Gasteiger partial charge in [-0.05, 0) is 59.2 Å². The monoisotopic (exact) mass is 282 g/mol. The maximum atomic E-state index is 4.24. The van der Waals surface area contributed by atoms with Gasteiger partial charge in [-0.25, -0.2) is 4.98 Å². The zero-order chi connectivity index (χ0) is 11.5. The molecule has 1 aromatic heterocycles. The molecule has 0 aromatic carbocycles. The van der Waals surface area contributed by atoms with E-state index in [1.807, 2.05) is 12.3 Å². The molecule has 0 bridgehead atoms. The maximum absolute atomic E-state index is 4.24. The van der Waals surface area contributed by atoms with E-state index in [0.29, 0.717) is 6.04 Å². The van der Waals surface area contributed by atoms with Crippen LogP contribution in [0.15, 0.2) is 22.9 Å². The van der Waals surface area contributed by atoms with Gasteiger partial charge in [0, 0.05) is 6.04 Å². The minimum absolute atomic E-state index is 0.610. The Morgan fingerprint density at radius 3 is 2.75 bits per heavy atom. The summed E-state index contributed by atoms with van der Waals surface area (Å²) in [7, 11) is 0. The van der Waals surface area contributed by atoms with E-state index < -0.39 is 0 Å². The predicted molar refractivity (Wildman–Crippen MR) is 71.5 cm³/mol. The minimum Gasteiger partial charge on any atom is -0.381 e. The summed E-state index contributed by atoms with van der Waals surface area (Å²) in [6, 6.07) is 4.68. The Morgan fingerprint density at radius 2 is 2.12 bits per heavy atom. The molecule has 16 heavy (non-hydrogen) atoms. The highest BCUT2D eigenvalue weighted by Gasteiger charge is 2.24. The van der Waals surface area contributed by atoms with Crippen LogP contribution in [0.25, 0.3) is 0 Å².